The van der Waals surface area contributed by atoms with Crippen LogP contribution in [0.1, 0.15) is 30.4 Å². The third-order valence-electron chi connectivity index (χ3n) is 5.25. The Hall–Kier alpha value is -2.30. The van der Waals surface area contributed by atoms with Gasteiger partial charge in [0.05, 0.1) is 20.1 Å². The molecule has 0 aliphatic carbocycles. The highest BCUT2D eigenvalue weighted by atomic mass is 35.5. The predicted molar refractivity (Wildman–Crippen MR) is 113 cm³/mol. The first-order valence-electron chi connectivity index (χ1n) is 9.41. The molecule has 2 aromatic carbocycles. The second-order valence-corrected chi connectivity index (χ2v) is 7.46. The summed E-state index contributed by atoms with van der Waals surface area (Å²) in [4.78, 5) is 14.7. The molecule has 2 aromatic rings. The Balaban J connectivity index is 1.72. The molecule has 148 valence electrons. The molecular formula is C23H26ClNO3. The van der Waals surface area contributed by atoms with Crippen LogP contribution >= 0.6 is 11.6 Å². The van der Waals surface area contributed by atoms with Crippen molar-refractivity contribution in [2.45, 2.75) is 19.3 Å². The summed E-state index contributed by atoms with van der Waals surface area (Å²) in [5, 5.41) is 0.751. The SMILES string of the molecule is COc1ccc(C(CN2CC=C(c3ccc(Cl)cc3)CC2)C(C)=O)cc1OC. The molecule has 0 fully saturated rings. The van der Waals surface area contributed by atoms with Gasteiger partial charge in [0.2, 0.25) is 0 Å². The lowest BCUT2D eigenvalue weighted by atomic mass is 9.93. The predicted octanol–water partition coefficient (Wildman–Crippen LogP) is 4.82. The summed E-state index contributed by atoms with van der Waals surface area (Å²) in [5.74, 6) is 1.28. The molecule has 1 aliphatic rings. The number of ether oxygens (including phenoxy) is 2. The average Bonchev–Trinajstić information content (AvgIpc) is 2.72. The Kier molecular flexibility index (Phi) is 6.76. The smallest absolute Gasteiger partial charge is 0.161 e. The standard InChI is InChI=1S/C23H26ClNO3/c1-16(26)21(19-6-9-22(27-2)23(14-19)28-3)15-25-12-10-18(11-13-25)17-4-7-20(24)8-5-17/h4-10,14,21H,11-13,15H2,1-3H3. The largest absolute Gasteiger partial charge is 0.493 e. The van der Waals surface area contributed by atoms with Crippen molar-refractivity contribution in [3.63, 3.8) is 0 Å². The molecule has 28 heavy (non-hydrogen) atoms. The fourth-order valence-corrected chi connectivity index (χ4v) is 3.73. The average molecular weight is 400 g/mol. The molecule has 0 bridgehead atoms. The van der Waals surface area contributed by atoms with Gasteiger partial charge in [-0.25, -0.2) is 0 Å². The second-order valence-electron chi connectivity index (χ2n) is 7.02. The second kappa shape index (κ2) is 9.26. The van der Waals surface area contributed by atoms with Gasteiger partial charge in [-0.15, -0.1) is 0 Å². The van der Waals surface area contributed by atoms with Gasteiger partial charge in [0.1, 0.15) is 5.78 Å². The summed E-state index contributed by atoms with van der Waals surface area (Å²) in [6.45, 7) is 4.09. The molecule has 3 rings (SSSR count). The molecule has 0 saturated carbocycles. The fraction of sp³-hybridized carbons (Fsp3) is 0.348. The molecule has 0 aromatic heterocycles. The molecule has 0 amide bonds. The minimum atomic E-state index is -0.190. The van der Waals surface area contributed by atoms with E-state index < -0.39 is 0 Å². The monoisotopic (exact) mass is 399 g/mol. The van der Waals surface area contributed by atoms with E-state index in [-0.39, 0.29) is 11.7 Å². The van der Waals surface area contributed by atoms with Crippen molar-refractivity contribution in [1.82, 2.24) is 4.90 Å². The Bertz CT molecular complexity index is 861. The number of nitrogens with zero attached hydrogens (tertiary/aromatic N) is 1. The Labute approximate surface area is 171 Å². The van der Waals surface area contributed by atoms with Crippen molar-refractivity contribution in [3.8, 4) is 11.5 Å². The van der Waals surface area contributed by atoms with Crippen molar-refractivity contribution < 1.29 is 14.3 Å². The van der Waals surface area contributed by atoms with Crippen LogP contribution in [0.4, 0.5) is 0 Å². The van der Waals surface area contributed by atoms with Gasteiger partial charge in [0.15, 0.2) is 11.5 Å². The lowest BCUT2D eigenvalue weighted by molar-refractivity contribution is -0.118. The zero-order valence-electron chi connectivity index (χ0n) is 16.6. The van der Waals surface area contributed by atoms with E-state index in [1.807, 2.05) is 30.3 Å². The molecule has 1 heterocycles. The van der Waals surface area contributed by atoms with Crippen LogP contribution < -0.4 is 9.47 Å². The van der Waals surface area contributed by atoms with E-state index in [9.17, 15) is 4.79 Å². The zero-order chi connectivity index (χ0) is 20.1. The number of hydrogen-bond donors (Lipinski definition) is 0. The van der Waals surface area contributed by atoms with Gasteiger partial charge < -0.3 is 9.47 Å². The first-order chi connectivity index (χ1) is 13.5. The summed E-state index contributed by atoms with van der Waals surface area (Å²) < 4.78 is 10.7. The third-order valence-corrected chi connectivity index (χ3v) is 5.50. The molecule has 0 spiro atoms. The van der Waals surface area contributed by atoms with Gasteiger partial charge in [-0.05, 0) is 54.3 Å². The number of methoxy groups -OCH3 is 2. The van der Waals surface area contributed by atoms with Crippen LogP contribution in [-0.2, 0) is 4.79 Å². The number of rotatable bonds is 7. The van der Waals surface area contributed by atoms with Crippen LogP contribution in [0.25, 0.3) is 5.57 Å². The van der Waals surface area contributed by atoms with Crippen LogP contribution in [0, 0.1) is 0 Å². The van der Waals surface area contributed by atoms with Gasteiger partial charge in [-0.2, -0.15) is 0 Å². The minimum absolute atomic E-state index is 0.152. The van der Waals surface area contributed by atoms with E-state index in [4.69, 9.17) is 21.1 Å². The van der Waals surface area contributed by atoms with Gasteiger partial charge in [0, 0.05) is 24.7 Å². The molecular weight excluding hydrogens is 374 g/mol. The van der Waals surface area contributed by atoms with Crippen molar-refractivity contribution in [2.75, 3.05) is 33.9 Å². The number of hydrogen-bond acceptors (Lipinski definition) is 4. The zero-order valence-corrected chi connectivity index (χ0v) is 17.3. The molecule has 0 N–H and O–H groups in total. The first kappa shape index (κ1) is 20.4. The number of carbonyl (C=O) groups excluding carboxylic acids is 1. The maximum Gasteiger partial charge on any atom is 0.161 e. The lowest BCUT2D eigenvalue weighted by Gasteiger charge is -2.29. The summed E-state index contributed by atoms with van der Waals surface area (Å²) >= 11 is 5.98. The minimum Gasteiger partial charge on any atom is -0.493 e. The normalized spacial score (nSPS) is 15.6. The van der Waals surface area contributed by atoms with E-state index in [1.165, 1.54) is 11.1 Å². The van der Waals surface area contributed by atoms with Gasteiger partial charge in [-0.3, -0.25) is 9.69 Å². The van der Waals surface area contributed by atoms with E-state index in [0.717, 1.165) is 30.1 Å². The third kappa shape index (κ3) is 4.75. The molecule has 4 nitrogen and oxygen atoms in total. The van der Waals surface area contributed by atoms with Crippen LogP contribution in [0.2, 0.25) is 5.02 Å². The van der Waals surface area contributed by atoms with Crippen LogP contribution in [0.3, 0.4) is 0 Å². The van der Waals surface area contributed by atoms with Crippen molar-refractivity contribution >= 4 is 23.0 Å². The van der Waals surface area contributed by atoms with E-state index in [1.54, 1.807) is 21.1 Å². The Morgan fingerprint density at radius 2 is 1.82 bits per heavy atom. The van der Waals surface area contributed by atoms with Gasteiger partial charge in [0.25, 0.3) is 0 Å². The quantitative estimate of drug-likeness (QED) is 0.669. The fourth-order valence-electron chi connectivity index (χ4n) is 3.60. The summed E-state index contributed by atoms with van der Waals surface area (Å²) in [5.41, 5.74) is 3.50. The number of ketones is 1. The van der Waals surface area contributed by atoms with E-state index in [0.29, 0.717) is 18.0 Å². The highest BCUT2D eigenvalue weighted by Crippen LogP contribution is 2.32. The van der Waals surface area contributed by atoms with E-state index in [2.05, 4.69) is 23.1 Å². The van der Waals surface area contributed by atoms with E-state index >= 15 is 0 Å². The lowest BCUT2D eigenvalue weighted by Crippen LogP contribution is -2.34. The van der Waals surface area contributed by atoms with Gasteiger partial charge in [-0.1, -0.05) is 35.9 Å². The number of Topliss-reactive ketones (excluding diaryl/α,β-unsaturated/α-hetero) is 1. The van der Waals surface area contributed by atoms with Crippen molar-refractivity contribution in [3.05, 3.63) is 64.7 Å². The van der Waals surface area contributed by atoms with Gasteiger partial charge >= 0.3 is 0 Å². The van der Waals surface area contributed by atoms with Crippen molar-refractivity contribution in [1.29, 1.82) is 0 Å². The summed E-state index contributed by atoms with van der Waals surface area (Å²) in [7, 11) is 3.22. The molecule has 0 radical (unpaired) electrons. The maximum atomic E-state index is 12.4. The van der Waals surface area contributed by atoms with Crippen LogP contribution in [0.5, 0.6) is 11.5 Å². The molecule has 1 aliphatic heterocycles. The topological polar surface area (TPSA) is 38.8 Å². The molecule has 1 unspecified atom stereocenters. The Morgan fingerprint density at radius 3 is 2.39 bits per heavy atom. The number of benzene rings is 2. The molecule has 1 atom stereocenters. The molecule has 5 heteroatoms. The number of carbonyl (C=O) groups is 1. The highest BCUT2D eigenvalue weighted by Gasteiger charge is 2.23. The number of halogens is 1. The first-order valence-corrected chi connectivity index (χ1v) is 9.79. The highest BCUT2D eigenvalue weighted by molar-refractivity contribution is 6.30. The molecule has 0 saturated heterocycles. The summed E-state index contributed by atoms with van der Waals surface area (Å²) in [6.07, 6.45) is 3.21. The van der Waals surface area contributed by atoms with Crippen molar-refractivity contribution in [2.24, 2.45) is 0 Å². The Morgan fingerprint density at radius 1 is 1.11 bits per heavy atom. The van der Waals surface area contributed by atoms with Crippen LogP contribution in [-0.4, -0.2) is 44.5 Å². The van der Waals surface area contributed by atoms with Crippen LogP contribution in [0.15, 0.2) is 48.5 Å². The maximum absolute atomic E-state index is 12.4. The summed E-state index contributed by atoms with van der Waals surface area (Å²) in [6, 6.07) is 13.7.